The number of carbonyl (C=O) groups excluding carboxylic acids is 1. The second kappa shape index (κ2) is 6.05. The molecule has 0 spiro atoms. The Morgan fingerprint density at radius 3 is 2.30 bits per heavy atom. The van der Waals surface area contributed by atoms with Crippen molar-refractivity contribution in [2.24, 2.45) is 11.8 Å². The van der Waals surface area contributed by atoms with Crippen LogP contribution in [0.15, 0.2) is 0 Å². The lowest BCUT2D eigenvalue weighted by molar-refractivity contribution is -0.133. The number of nitrogens with zero attached hydrogens (tertiary/aromatic N) is 1. The monoisotopic (exact) mass is 278 g/mol. The van der Waals surface area contributed by atoms with Crippen molar-refractivity contribution < 1.29 is 4.79 Å². The van der Waals surface area contributed by atoms with Crippen molar-refractivity contribution in [2.45, 2.75) is 89.9 Å². The lowest BCUT2D eigenvalue weighted by Gasteiger charge is -2.33. The maximum atomic E-state index is 12.9. The molecule has 3 heteroatoms. The molecule has 1 N–H and O–H groups in total. The molecular formula is C17H30N2O. The van der Waals surface area contributed by atoms with Crippen molar-refractivity contribution in [3.8, 4) is 0 Å². The topological polar surface area (TPSA) is 32.3 Å². The van der Waals surface area contributed by atoms with Gasteiger partial charge in [-0.15, -0.1) is 0 Å². The van der Waals surface area contributed by atoms with Gasteiger partial charge in [-0.2, -0.15) is 0 Å². The van der Waals surface area contributed by atoms with Crippen LogP contribution < -0.4 is 5.32 Å². The highest BCUT2D eigenvalue weighted by molar-refractivity contribution is 5.84. The standard InChI is InChI=1S/C17H30N2O/c1-12(2)11-15-17(20)19(14-9-5-6-10-14)16(18-15)13-7-3-4-8-13/h12-16,18H,3-11H2,1-2H3. The molecule has 20 heavy (non-hydrogen) atoms. The van der Waals surface area contributed by atoms with E-state index in [9.17, 15) is 4.79 Å². The molecule has 2 atom stereocenters. The van der Waals surface area contributed by atoms with E-state index in [1.807, 2.05) is 0 Å². The van der Waals surface area contributed by atoms with E-state index in [1.165, 1.54) is 51.4 Å². The molecule has 0 aromatic heterocycles. The van der Waals surface area contributed by atoms with Crippen molar-refractivity contribution in [3.63, 3.8) is 0 Å². The molecule has 1 saturated heterocycles. The first-order valence-electron chi connectivity index (χ1n) is 8.75. The Bertz CT molecular complexity index is 343. The summed E-state index contributed by atoms with van der Waals surface area (Å²) in [5.74, 6) is 1.70. The lowest BCUT2D eigenvalue weighted by atomic mass is 10.0. The van der Waals surface area contributed by atoms with E-state index >= 15 is 0 Å². The van der Waals surface area contributed by atoms with Gasteiger partial charge in [0.1, 0.15) is 0 Å². The molecule has 3 fully saturated rings. The van der Waals surface area contributed by atoms with Gasteiger partial charge in [0.05, 0.1) is 12.2 Å². The smallest absolute Gasteiger partial charge is 0.241 e. The number of carbonyl (C=O) groups is 1. The Kier molecular flexibility index (Phi) is 4.34. The molecule has 3 aliphatic rings. The van der Waals surface area contributed by atoms with Crippen LogP contribution in [-0.4, -0.2) is 29.1 Å². The average molecular weight is 278 g/mol. The van der Waals surface area contributed by atoms with E-state index < -0.39 is 0 Å². The van der Waals surface area contributed by atoms with E-state index in [4.69, 9.17) is 0 Å². The molecule has 3 nitrogen and oxygen atoms in total. The lowest BCUT2D eigenvalue weighted by Crippen LogP contribution is -2.47. The first-order chi connectivity index (χ1) is 9.66. The SMILES string of the molecule is CC(C)CC1NC(C2CCCC2)N(C2CCCC2)C1=O. The largest absolute Gasteiger partial charge is 0.323 e. The minimum Gasteiger partial charge on any atom is -0.323 e. The Morgan fingerprint density at radius 2 is 1.70 bits per heavy atom. The summed E-state index contributed by atoms with van der Waals surface area (Å²) in [6.07, 6.45) is 11.7. The van der Waals surface area contributed by atoms with Crippen molar-refractivity contribution in [1.82, 2.24) is 10.2 Å². The first kappa shape index (κ1) is 14.4. The Labute approximate surface area is 123 Å². The molecule has 2 saturated carbocycles. The molecule has 0 aromatic carbocycles. The van der Waals surface area contributed by atoms with E-state index in [1.54, 1.807) is 0 Å². The van der Waals surface area contributed by atoms with E-state index in [0.29, 0.717) is 30.0 Å². The van der Waals surface area contributed by atoms with Gasteiger partial charge in [-0.1, -0.05) is 39.5 Å². The van der Waals surface area contributed by atoms with Crippen molar-refractivity contribution in [3.05, 3.63) is 0 Å². The van der Waals surface area contributed by atoms with Gasteiger partial charge in [0.25, 0.3) is 0 Å². The van der Waals surface area contributed by atoms with Gasteiger partial charge >= 0.3 is 0 Å². The highest BCUT2D eigenvalue weighted by atomic mass is 16.2. The third-order valence-corrected chi connectivity index (χ3v) is 5.50. The fraction of sp³-hybridized carbons (Fsp3) is 0.941. The van der Waals surface area contributed by atoms with Gasteiger partial charge in [-0.05, 0) is 43.9 Å². The summed E-state index contributed by atoms with van der Waals surface area (Å²) in [5, 5.41) is 3.72. The van der Waals surface area contributed by atoms with Gasteiger partial charge in [-0.25, -0.2) is 0 Å². The average Bonchev–Trinajstić information content (AvgIpc) is 3.10. The van der Waals surface area contributed by atoms with Gasteiger partial charge in [-0.3, -0.25) is 10.1 Å². The number of rotatable bonds is 4. The van der Waals surface area contributed by atoms with Crippen LogP contribution in [0.25, 0.3) is 0 Å². The van der Waals surface area contributed by atoms with Gasteiger partial charge in [0.2, 0.25) is 5.91 Å². The maximum Gasteiger partial charge on any atom is 0.241 e. The molecule has 0 bridgehead atoms. The summed E-state index contributed by atoms with van der Waals surface area (Å²) < 4.78 is 0. The highest BCUT2D eigenvalue weighted by Crippen LogP contribution is 2.36. The zero-order valence-electron chi connectivity index (χ0n) is 13.1. The van der Waals surface area contributed by atoms with Gasteiger partial charge in [0.15, 0.2) is 0 Å². The maximum absolute atomic E-state index is 12.9. The number of nitrogens with one attached hydrogen (secondary N) is 1. The normalized spacial score (nSPS) is 33.0. The summed E-state index contributed by atoms with van der Waals surface area (Å²) in [4.78, 5) is 15.1. The minimum absolute atomic E-state index is 0.0844. The highest BCUT2D eigenvalue weighted by Gasteiger charge is 2.46. The minimum atomic E-state index is 0.0844. The van der Waals surface area contributed by atoms with E-state index in [0.717, 1.165) is 6.42 Å². The molecule has 1 aliphatic heterocycles. The molecule has 114 valence electrons. The summed E-state index contributed by atoms with van der Waals surface area (Å²) >= 11 is 0. The van der Waals surface area contributed by atoms with Crippen LogP contribution in [0, 0.1) is 11.8 Å². The van der Waals surface area contributed by atoms with Crippen LogP contribution in [0.1, 0.15) is 71.6 Å². The number of amides is 1. The molecule has 2 unspecified atom stereocenters. The molecule has 2 aliphatic carbocycles. The van der Waals surface area contributed by atoms with Crippen molar-refractivity contribution in [1.29, 1.82) is 0 Å². The van der Waals surface area contributed by atoms with Crippen LogP contribution in [0.4, 0.5) is 0 Å². The van der Waals surface area contributed by atoms with E-state index in [-0.39, 0.29) is 6.04 Å². The van der Waals surface area contributed by atoms with Crippen LogP contribution in [-0.2, 0) is 4.79 Å². The quantitative estimate of drug-likeness (QED) is 0.856. The zero-order valence-corrected chi connectivity index (χ0v) is 13.1. The summed E-state index contributed by atoms with van der Waals surface area (Å²) in [6.45, 7) is 4.44. The third kappa shape index (κ3) is 2.74. The second-order valence-electron chi connectivity index (χ2n) is 7.52. The predicted molar refractivity (Wildman–Crippen MR) is 81.2 cm³/mol. The van der Waals surface area contributed by atoms with Crippen LogP contribution in [0.5, 0.6) is 0 Å². The predicted octanol–water partition coefficient (Wildman–Crippen LogP) is 3.29. The Hall–Kier alpha value is -0.570. The summed E-state index contributed by atoms with van der Waals surface area (Å²) in [7, 11) is 0. The van der Waals surface area contributed by atoms with E-state index in [2.05, 4.69) is 24.1 Å². The molecular weight excluding hydrogens is 248 g/mol. The zero-order chi connectivity index (χ0) is 14.1. The van der Waals surface area contributed by atoms with Gasteiger partial charge in [0, 0.05) is 6.04 Å². The van der Waals surface area contributed by atoms with Crippen molar-refractivity contribution in [2.75, 3.05) is 0 Å². The summed E-state index contributed by atoms with van der Waals surface area (Å²) in [6, 6.07) is 0.610. The second-order valence-corrected chi connectivity index (χ2v) is 7.52. The van der Waals surface area contributed by atoms with Crippen LogP contribution >= 0.6 is 0 Å². The molecule has 0 aromatic rings. The number of hydrogen-bond donors (Lipinski definition) is 1. The Balaban J connectivity index is 1.76. The van der Waals surface area contributed by atoms with Crippen LogP contribution in [0.2, 0.25) is 0 Å². The first-order valence-corrected chi connectivity index (χ1v) is 8.75. The fourth-order valence-electron chi connectivity index (χ4n) is 4.54. The molecule has 3 rings (SSSR count). The van der Waals surface area contributed by atoms with Crippen molar-refractivity contribution >= 4 is 5.91 Å². The molecule has 0 radical (unpaired) electrons. The third-order valence-electron chi connectivity index (χ3n) is 5.50. The molecule has 1 heterocycles. The summed E-state index contributed by atoms with van der Waals surface area (Å²) in [5.41, 5.74) is 0. The van der Waals surface area contributed by atoms with Crippen LogP contribution in [0.3, 0.4) is 0 Å². The molecule has 1 amide bonds. The Morgan fingerprint density at radius 1 is 1.10 bits per heavy atom. The number of hydrogen-bond acceptors (Lipinski definition) is 2. The van der Waals surface area contributed by atoms with Gasteiger partial charge < -0.3 is 4.90 Å². The fourth-order valence-corrected chi connectivity index (χ4v) is 4.54.